The molecular weight excluding hydrogens is 548 g/mol. The van der Waals surface area contributed by atoms with E-state index in [1.165, 1.54) is 11.8 Å². The van der Waals surface area contributed by atoms with Gasteiger partial charge >= 0.3 is 6.18 Å². The summed E-state index contributed by atoms with van der Waals surface area (Å²) in [6.45, 7) is 5.44. The fraction of sp³-hybridized carbons (Fsp3) is 0.526. The van der Waals surface area contributed by atoms with E-state index in [9.17, 15) is 13.2 Å². The van der Waals surface area contributed by atoms with E-state index in [1.807, 2.05) is 17.9 Å². The minimum atomic E-state index is -4.22. The third-order valence-corrected chi connectivity index (χ3v) is 5.12. The van der Waals surface area contributed by atoms with Crippen LogP contribution in [0.25, 0.3) is 11.4 Å². The number of alkyl halides is 3. The van der Waals surface area contributed by atoms with Crippen molar-refractivity contribution < 1.29 is 17.7 Å². The van der Waals surface area contributed by atoms with E-state index < -0.39 is 12.2 Å². The van der Waals surface area contributed by atoms with Gasteiger partial charge in [-0.1, -0.05) is 28.9 Å². The average molecular weight is 573 g/mol. The molecule has 31 heavy (non-hydrogen) atoms. The predicted octanol–water partition coefficient (Wildman–Crippen LogP) is 4.04. The molecule has 1 fully saturated rings. The highest BCUT2D eigenvalue weighted by molar-refractivity contribution is 14.0. The summed E-state index contributed by atoms with van der Waals surface area (Å²) in [5, 5.41) is 7.70. The molecule has 172 valence electrons. The van der Waals surface area contributed by atoms with Gasteiger partial charge in [0.1, 0.15) is 12.6 Å². The van der Waals surface area contributed by atoms with Crippen molar-refractivity contribution in [2.24, 2.45) is 4.99 Å². The summed E-state index contributed by atoms with van der Waals surface area (Å²) in [4.78, 5) is 12.2. The molecule has 0 spiro atoms. The zero-order valence-corrected chi connectivity index (χ0v) is 20.3. The molecule has 12 heteroatoms. The summed E-state index contributed by atoms with van der Waals surface area (Å²) < 4.78 is 44.1. The summed E-state index contributed by atoms with van der Waals surface area (Å²) in [6.07, 6.45) is -4.22. The Balaban J connectivity index is 0.00000341. The average Bonchev–Trinajstić information content (AvgIpc) is 3.19. The molecule has 0 bridgehead atoms. The van der Waals surface area contributed by atoms with E-state index in [2.05, 4.69) is 20.4 Å². The second kappa shape index (κ2) is 11.3. The zero-order chi connectivity index (χ0) is 21.7. The molecule has 1 unspecified atom stereocenters. The molecular formula is C19H25ClF3IN6O. The molecule has 0 saturated carbocycles. The van der Waals surface area contributed by atoms with Crippen molar-refractivity contribution in [2.75, 3.05) is 32.7 Å². The van der Waals surface area contributed by atoms with Crippen molar-refractivity contribution >= 4 is 41.5 Å². The van der Waals surface area contributed by atoms with Crippen LogP contribution in [-0.4, -0.2) is 70.8 Å². The van der Waals surface area contributed by atoms with Crippen LogP contribution in [0.4, 0.5) is 13.2 Å². The molecule has 1 N–H and O–H groups in total. The summed E-state index contributed by atoms with van der Waals surface area (Å²) in [7, 11) is 0. The highest BCUT2D eigenvalue weighted by Gasteiger charge is 2.41. The number of rotatable bonds is 5. The largest absolute Gasteiger partial charge is 0.403 e. The SMILES string of the molecule is CCNC(=NCc1nc(-c2cccc(Cl)c2)no1)N1CCN(C(C)C(F)(F)F)CC1.I. The first-order valence-corrected chi connectivity index (χ1v) is 10.1. The zero-order valence-electron chi connectivity index (χ0n) is 17.2. The van der Waals surface area contributed by atoms with Crippen molar-refractivity contribution in [1.29, 1.82) is 0 Å². The summed E-state index contributed by atoms with van der Waals surface area (Å²) >= 11 is 5.99. The third kappa shape index (κ3) is 6.94. The van der Waals surface area contributed by atoms with Gasteiger partial charge in [0.05, 0.1) is 0 Å². The molecule has 1 saturated heterocycles. The van der Waals surface area contributed by atoms with Gasteiger partial charge in [0.25, 0.3) is 0 Å². The Labute approximate surface area is 201 Å². The smallest absolute Gasteiger partial charge is 0.357 e. The van der Waals surface area contributed by atoms with Gasteiger partial charge < -0.3 is 14.7 Å². The van der Waals surface area contributed by atoms with Crippen LogP contribution in [0.15, 0.2) is 33.8 Å². The number of aromatic nitrogens is 2. The Morgan fingerprint density at radius 3 is 2.61 bits per heavy atom. The van der Waals surface area contributed by atoms with Gasteiger partial charge in [0.15, 0.2) is 5.96 Å². The van der Waals surface area contributed by atoms with Crippen LogP contribution < -0.4 is 5.32 Å². The van der Waals surface area contributed by atoms with Crippen LogP contribution >= 0.6 is 35.6 Å². The summed E-state index contributed by atoms with van der Waals surface area (Å²) in [6, 6.07) is 5.67. The van der Waals surface area contributed by atoms with Crippen molar-refractivity contribution in [3.8, 4) is 11.4 Å². The van der Waals surface area contributed by atoms with Crippen molar-refractivity contribution in [3.63, 3.8) is 0 Å². The topological polar surface area (TPSA) is 69.8 Å². The number of piperazine rings is 1. The number of nitrogens with zero attached hydrogens (tertiary/aromatic N) is 5. The molecule has 0 amide bonds. The van der Waals surface area contributed by atoms with Crippen LogP contribution in [0.3, 0.4) is 0 Å². The van der Waals surface area contributed by atoms with E-state index in [0.29, 0.717) is 55.4 Å². The predicted molar refractivity (Wildman–Crippen MR) is 124 cm³/mol. The van der Waals surface area contributed by atoms with Gasteiger partial charge in [-0.2, -0.15) is 18.2 Å². The quantitative estimate of drug-likeness (QED) is 0.331. The number of hydrogen-bond donors (Lipinski definition) is 1. The summed E-state index contributed by atoms with van der Waals surface area (Å²) in [5.41, 5.74) is 0.739. The van der Waals surface area contributed by atoms with Gasteiger partial charge in [0.2, 0.25) is 11.7 Å². The molecule has 7 nitrogen and oxygen atoms in total. The Hall–Kier alpha value is -1.60. The molecule has 3 rings (SSSR count). The van der Waals surface area contributed by atoms with Crippen LogP contribution in [0.2, 0.25) is 5.02 Å². The number of hydrogen-bond acceptors (Lipinski definition) is 5. The number of aliphatic imine (C=N–C) groups is 1. The molecule has 2 heterocycles. The van der Waals surface area contributed by atoms with E-state index in [0.717, 1.165) is 5.56 Å². The van der Waals surface area contributed by atoms with Gasteiger partial charge in [-0.05, 0) is 26.0 Å². The molecule has 0 aliphatic carbocycles. The highest BCUT2D eigenvalue weighted by atomic mass is 127. The fourth-order valence-electron chi connectivity index (χ4n) is 3.16. The first-order chi connectivity index (χ1) is 14.3. The Kier molecular flexibility index (Phi) is 9.37. The maximum absolute atomic E-state index is 12.9. The lowest BCUT2D eigenvalue weighted by atomic mass is 10.2. The number of nitrogens with one attached hydrogen (secondary N) is 1. The van der Waals surface area contributed by atoms with E-state index >= 15 is 0 Å². The monoisotopic (exact) mass is 572 g/mol. The van der Waals surface area contributed by atoms with E-state index in [-0.39, 0.29) is 30.5 Å². The fourth-order valence-corrected chi connectivity index (χ4v) is 3.35. The minimum absolute atomic E-state index is 0. The maximum Gasteiger partial charge on any atom is 0.403 e. The van der Waals surface area contributed by atoms with Crippen molar-refractivity contribution in [3.05, 3.63) is 35.2 Å². The van der Waals surface area contributed by atoms with Crippen LogP contribution in [0.1, 0.15) is 19.7 Å². The van der Waals surface area contributed by atoms with Crippen LogP contribution in [0, 0.1) is 0 Å². The number of guanidine groups is 1. The first kappa shape index (κ1) is 25.7. The Morgan fingerprint density at radius 1 is 1.29 bits per heavy atom. The molecule has 1 aromatic carbocycles. The van der Waals surface area contributed by atoms with Crippen LogP contribution in [-0.2, 0) is 6.54 Å². The highest BCUT2D eigenvalue weighted by Crippen LogP contribution is 2.25. The maximum atomic E-state index is 12.9. The van der Waals surface area contributed by atoms with Gasteiger partial charge in [0, 0.05) is 43.3 Å². The van der Waals surface area contributed by atoms with Crippen molar-refractivity contribution in [2.45, 2.75) is 32.6 Å². The lowest BCUT2D eigenvalue weighted by Gasteiger charge is -2.39. The molecule has 2 aromatic rings. The standard InChI is InChI=1S/C19H24ClF3N6O.HI/c1-3-24-18(29-9-7-28(8-10-29)13(2)19(21,22)23)25-12-16-26-17(27-30-16)14-5-4-6-15(20)11-14;/h4-6,11,13H,3,7-10,12H2,1-2H3,(H,24,25);1H. The number of halogens is 5. The van der Waals surface area contributed by atoms with E-state index in [1.54, 1.807) is 18.2 Å². The molecule has 1 atom stereocenters. The molecule has 1 aliphatic heterocycles. The second-order valence-electron chi connectivity index (χ2n) is 6.93. The third-order valence-electron chi connectivity index (χ3n) is 4.89. The molecule has 1 aliphatic rings. The Morgan fingerprint density at radius 2 is 2.00 bits per heavy atom. The van der Waals surface area contributed by atoms with E-state index in [4.69, 9.17) is 16.1 Å². The van der Waals surface area contributed by atoms with Gasteiger partial charge in [-0.25, -0.2) is 4.99 Å². The van der Waals surface area contributed by atoms with Gasteiger partial charge in [-0.3, -0.25) is 4.90 Å². The van der Waals surface area contributed by atoms with Crippen LogP contribution in [0.5, 0.6) is 0 Å². The lowest BCUT2D eigenvalue weighted by molar-refractivity contribution is -0.181. The number of benzene rings is 1. The minimum Gasteiger partial charge on any atom is -0.357 e. The van der Waals surface area contributed by atoms with Gasteiger partial charge in [-0.15, -0.1) is 24.0 Å². The first-order valence-electron chi connectivity index (χ1n) is 9.70. The summed E-state index contributed by atoms with van der Waals surface area (Å²) in [5.74, 6) is 1.37. The molecule has 0 radical (unpaired) electrons. The normalized spacial score (nSPS) is 16.7. The molecule has 1 aromatic heterocycles. The Bertz CT molecular complexity index is 870. The van der Waals surface area contributed by atoms with Crippen molar-refractivity contribution in [1.82, 2.24) is 25.3 Å². The lowest BCUT2D eigenvalue weighted by Crippen LogP contribution is -2.56. The second-order valence-corrected chi connectivity index (χ2v) is 7.37.